The van der Waals surface area contributed by atoms with E-state index in [1.807, 2.05) is 12.3 Å². The molecule has 1 aromatic carbocycles. The van der Waals surface area contributed by atoms with E-state index in [4.69, 9.17) is 5.73 Å². The third-order valence-corrected chi connectivity index (χ3v) is 3.59. The number of hydrogen-bond donors (Lipinski definition) is 2. The number of benzene rings is 1. The van der Waals surface area contributed by atoms with E-state index >= 15 is 0 Å². The van der Waals surface area contributed by atoms with Gasteiger partial charge in [-0.1, -0.05) is 11.8 Å². The van der Waals surface area contributed by atoms with E-state index in [-0.39, 0.29) is 23.6 Å². The smallest absolute Gasteiger partial charge is 0.251 e. The van der Waals surface area contributed by atoms with Crippen LogP contribution in [0.25, 0.3) is 0 Å². The molecule has 6 heteroatoms. The molecule has 0 aliphatic rings. The fourth-order valence-corrected chi connectivity index (χ4v) is 2.36. The quantitative estimate of drug-likeness (QED) is 0.850. The number of aromatic nitrogens is 1. The Balaban J connectivity index is 2.04. The van der Waals surface area contributed by atoms with Gasteiger partial charge in [-0.15, -0.1) is 11.3 Å². The number of carbonyl (C=O) groups is 1. The van der Waals surface area contributed by atoms with E-state index in [1.54, 1.807) is 0 Å². The maximum Gasteiger partial charge on any atom is 0.251 e. The Kier molecular flexibility index (Phi) is 5.04. The van der Waals surface area contributed by atoms with Crippen LogP contribution >= 0.6 is 11.3 Å². The van der Waals surface area contributed by atoms with Gasteiger partial charge in [-0.25, -0.2) is 9.37 Å². The molecular weight excluding hydrogens is 289 g/mol. The van der Waals surface area contributed by atoms with Crippen LogP contribution in [0.5, 0.6) is 0 Å². The van der Waals surface area contributed by atoms with E-state index in [0.29, 0.717) is 6.54 Å². The number of rotatable bonds is 3. The van der Waals surface area contributed by atoms with Crippen molar-refractivity contribution in [3.05, 3.63) is 51.2 Å². The van der Waals surface area contributed by atoms with Crippen molar-refractivity contribution in [3.63, 3.8) is 0 Å². The van der Waals surface area contributed by atoms with Gasteiger partial charge < -0.3 is 11.1 Å². The number of aryl methyl sites for hydroxylation is 1. The fourth-order valence-electron chi connectivity index (χ4n) is 1.65. The highest BCUT2D eigenvalue weighted by Crippen LogP contribution is 2.11. The zero-order valence-electron chi connectivity index (χ0n) is 11.4. The van der Waals surface area contributed by atoms with Crippen molar-refractivity contribution in [1.82, 2.24) is 10.3 Å². The molecule has 0 saturated heterocycles. The lowest BCUT2D eigenvalue weighted by molar-refractivity contribution is 0.0950. The van der Waals surface area contributed by atoms with Crippen molar-refractivity contribution in [2.45, 2.75) is 13.5 Å². The summed E-state index contributed by atoms with van der Waals surface area (Å²) in [6.45, 7) is 2.38. The third kappa shape index (κ3) is 4.12. The SMILES string of the molecule is Cc1csc(CNC(=O)c2ccc(C#CCN)c(F)c2)n1. The number of nitrogens with zero attached hydrogens (tertiary/aromatic N) is 1. The van der Waals surface area contributed by atoms with E-state index in [2.05, 4.69) is 22.1 Å². The van der Waals surface area contributed by atoms with Crippen LogP contribution in [-0.4, -0.2) is 17.4 Å². The highest BCUT2D eigenvalue weighted by Gasteiger charge is 2.09. The number of carbonyl (C=O) groups excluding carboxylic acids is 1. The van der Waals surface area contributed by atoms with Crippen LogP contribution in [0.4, 0.5) is 4.39 Å². The van der Waals surface area contributed by atoms with Gasteiger partial charge >= 0.3 is 0 Å². The first-order valence-electron chi connectivity index (χ1n) is 6.28. The summed E-state index contributed by atoms with van der Waals surface area (Å²) in [5.74, 6) is 4.30. The minimum absolute atomic E-state index is 0.162. The standard InChI is InChI=1S/C15H14FN3OS/c1-10-9-21-14(19-10)8-18-15(20)12-5-4-11(3-2-6-17)13(16)7-12/h4-5,7,9H,6,8,17H2,1H3,(H,18,20). The first-order valence-corrected chi connectivity index (χ1v) is 7.16. The predicted octanol–water partition coefficient (Wildman–Crippen LogP) is 1.83. The number of nitrogens with one attached hydrogen (secondary N) is 1. The molecule has 0 saturated carbocycles. The molecule has 0 bridgehead atoms. The van der Waals surface area contributed by atoms with Crippen molar-refractivity contribution < 1.29 is 9.18 Å². The number of thiazole rings is 1. The minimum Gasteiger partial charge on any atom is -0.346 e. The summed E-state index contributed by atoms with van der Waals surface area (Å²) in [4.78, 5) is 16.2. The molecule has 1 heterocycles. The molecule has 3 N–H and O–H groups in total. The number of halogens is 1. The summed E-state index contributed by atoms with van der Waals surface area (Å²) in [5.41, 5.74) is 6.63. The summed E-state index contributed by atoms with van der Waals surface area (Å²) in [6, 6.07) is 4.18. The summed E-state index contributed by atoms with van der Waals surface area (Å²) in [7, 11) is 0. The topological polar surface area (TPSA) is 68.0 Å². The first kappa shape index (κ1) is 15.2. The largest absolute Gasteiger partial charge is 0.346 e. The van der Waals surface area contributed by atoms with Crippen molar-refractivity contribution in [2.75, 3.05) is 6.54 Å². The molecule has 1 amide bonds. The van der Waals surface area contributed by atoms with E-state index in [0.717, 1.165) is 10.7 Å². The zero-order chi connectivity index (χ0) is 15.2. The van der Waals surface area contributed by atoms with Crippen LogP contribution in [0, 0.1) is 24.6 Å². The van der Waals surface area contributed by atoms with Gasteiger partial charge in [0.15, 0.2) is 0 Å². The van der Waals surface area contributed by atoms with Gasteiger partial charge in [0.1, 0.15) is 10.8 Å². The predicted molar refractivity (Wildman–Crippen MR) is 80.4 cm³/mol. The van der Waals surface area contributed by atoms with E-state index in [1.165, 1.54) is 29.5 Å². The average molecular weight is 303 g/mol. The second-order valence-corrected chi connectivity index (χ2v) is 5.21. The molecule has 2 aromatic rings. The Bertz CT molecular complexity index is 715. The molecule has 0 atom stereocenters. The van der Waals surface area contributed by atoms with Crippen LogP contribution < -0.4 is 11.1 Å². The maximum atomic E-state index is 13.8. The fraction of sp³-hybridized carbons (Fsp3) is 0.200. The lowest BCUT2D eigenvalue weighted by Gasteiger charge is -2.04. The second kappa shape index (κ2) is 6.97. The van der Waals surface area contributed by atoms with Gasteiger partial charge in [-0.05, 0) is 25.1 Å². The van der Waals surface area contributed by atoms with Crippen LogP contribution in [0.2, 0.25) is 0 Å². The Morgan fingerprint density at radius 1 is 1.52 bits per heavy atom. The van der Waals surface area contributed by atoms with E-state index in [9.17, 15) is 9.18 Å². The lowest BCUT2D eigenvalue weighted by atomic mass is 10.1. The van der Waals surface area contributed by atoms with Gasteiger partial charge in [-0.3, -0.25) is 4.79 Å². The van der Waals surface area contributed by atoms with Gasteiger partial charge in [0.2, 0.25) is 0 Å². The second-order valence-electron chi connectivity index (χ2n) is 4.27. The molecule has 1 aromatic heterocycles. The highest BCUT2D eigenvalue weighted by atomic mass is 32.1. The Morgan fingerprint density at radius 2 is 2.33 bits per heavy atom. The molecule has 0 fully saturated rings. The summed E-state index contributed by atoms with van der Waals surface area (Å²) < 4.78 is 13.8. The number of amides is 1. The molecule has 0 aliphatic heterocycles. The van der Waals surface area contributed by atoms with Gasteiger partial charge in [0.25, 0.3) is 5.91 Å². The van der Waals surface area contributed by atoms with Crippen LogP contribution in [0.1, 0.15) is 26.6 Å². The van der Waals surface area contributed by atoms with Gasteiger partial charge in [-0.2, -0.15) is 0 Å². The van der Waals surface area contributed by atoms with Crippen molar-refractivity contribution in [2.24, 2.45) is 5.73 Å². The summed E-state index contributed by atoms with van der Waals surface area (Å²) >= 11 is 1.47. The van der Waals surface area contributed by atoms with E-state index < -0.39 is 5.82 Å². The molecule has 0 radical (unpaired) electrons. The Hall–Kier alpha value is -2.23. The molecule has 0 spiro atoms. The normalized spacial score (nSPS) is 9.86. The molecule has 0 unspecified atom stereocenters. The Labute approximate surface area is 126 Å². The van der Waals surface area contributed by atoms with Crippen molar-refractivity contribution >= 4 is 17.2 Å². The summed E-state index contributed by atoms with van der Waals surface area (Å²) in [5, 5.41) is 5.43. The molecule has 2 rings (SSSR count). The zero-order valence-corrected chi connectivity index (χ0v) is 12.3. The molecule has 108 valence electrons. The lowest BCUT2D eigenvalue weighted by Crippen LogP contribution is -2.22. The number of hydrogen-bond acceptors (Lipinski definition) is 4. The molecular formula is C15H14FN3OS. The monoisotopic (exact) mass is 303 g/mol. The Morgan fingerprint density at radius 3 is 2.95 bits per heavy atom. The maximum absolute atomic E-state index is 13.8. The average Bonchev–Trinajstić information content (AvgIpc) is 2.89. The highest BCUT2D eigenvalue weighted by molar-refractivity contribution is 7.09. The minimum atomic E-state index is -0.534. The van der Waals surface area contributed by atoms with Gasteiger partial charge in [0.05, 0.1) is 18.7 Å². The van der Waals surface area contributed by atoms with Crippen LogP contribution in [0.3, 0.4) is 0 Å². The summed E-state index contributed by atoms with van der Waals surface area (Å²) in [6.07, 6.45) is 0. The van der Waals surface area contributed by atoms with Crippen LogP contribution in [-0.2, 0) is 6.54 Å². The van der Waals surface area contributed by atoms with Crippen LogP contribution in [0.15, 0.2) is 23.6 Å². The first-order chi connectivity index (χ1) is 10.1. The van der Waals surface area contributed by atoms with Crippen molar-refractivity contribution in [1.29, 1.82) is 0 Å². The molecule has 21 heavy (non-hydrogen) atoms. The van der Waals surface area contributed by atoms with Crippen molar-refractivity contribution in [3.8, 4) is 11.8 Å². The third-order valence-electron chi connectivity index (χ3n) is 2.62. The molecule has 0 aliphatic carbocycles. The molecule has 4 nitrogen and oxygen atoms in total. The number of nitrogens with two attached hydrogens (primary N) is 1. The van der Waals surface area contributed by atoms with Gasteiger partial charge in [0, 0.05) is 16.6 Å².